The fraction of sp³-hybridized carbons (Fsp3) is 0.706. The van der Waals surface area contributed by atoms with Gasteiger partial charge in [0.1, 0.15) is 0 Å². The molecule has 3 fully saturated rings. The number of fused-ring (bicyclic) bond motifs is 1. The van der Waals surface area contributed by atoms with Crippen molar-refractivity contribution >= 4 is 12.0 Å². The van der Waals surface area contributed by atoms with Crippen LogP contribution in [-0.2, 0) is 9.47 Å². The summed E-state index contributed by atoms with van der Waals surface area (Å²) in [5.41, 5.74) is 0. The highest BCUT2D eigenvalue weighted by Crippen LogP contribution is 2.26. The fourth-order valence-electron chi connectivity index (χ4n) is 3.82. The van der Waals surface area contributed by atoms with Crippen molar-refractivity contribution in [3.8, 4) is 0 Å². The zero-order valence-electron chi connectivity index (χ0n) is 14.4. The van der Waals surface area contributed by atoms with E-state index in [9.17, 15) is 4.79 Å². The Morgan fingerprint density at radius 3 is 2.60 bits per heavy atom. The van der Waals surface area contributed by atoms with Gasteiger partial charge in [0, 0.05) is 57.6 Å². The van der Waals surface area contributed by atoms with Crippen molar-refractivity contribution in [2.24, 2.45) is 5.92 Å². The molecule has 3 saturated heterocycles. The molecule has 1 aromatic rings. The normalized spacial score (nSPS) is 27.6. The number of piperidine rings is 1. The average molecular weight is 347 g/mol. The van der Waals surface area contributed by atoms with Gasteiger partial charge in [0.05, 0.1) is 25.9 Å². The minimum Gasteiger partial charge on any atom is -0.378 e. The van der Waals surface area contributed by atoms with Crippen LogP contribution in [0.5, 0.6) is 0 Å². The van der Waals surface area contributed by atoms with Crippen LogP contribution in [0.4, 0.5) is 10.7 Å². The second-order valence-electron chi connectivity index (χ2n) is 6.78. The number of morpholine rings is 1. The van der Waals surface area contributed by atoms with Gasteiger partial charge < -0.3 is 24.2 Å². The first-order valence-electron chi connectivity index (χ1n) is 9.06. The van der Waals surface area contributed by atoms with Gasteiger partial charge >= 0.3 is 6.03 Å². The number of hydrogen-bond acceptors (Lipinski definition) is 6. The van der Waals surface area contributed by atoms with E-state index >= 15 is 0 Å². The molecule has 8 heteroatoms. The summed E-state index contributed by atoms with van der Waals surface area (Å²) in [6.07, 6.45) is 4.58. The van der Waals surface area contributed by atoms with Gasteiger partial charge in [-0.2, -0.15) is 0 Å². The highest BCUT2D eigenvalue weighted by molar-refractivity contribution is 5.74. The van der Waals surface area contributed by atoms with Gasteiger partial charge in [-0.25, -0.2) is 14.8 Å². The van der Waals surface area contributed by atoms with Gasteiger partial charge in [-0.3, -0.25) is 0 Å². The Labute approximate surface area is 147 Å². The first kappa shape index (κ1) is 16.5. The molecule has 4 heterocycles. The fourth-order valence-corrected chi connectivity index (χ4v) is 3.82. The SMILES string of the molecule is O=C(N1CCOCC1)N1CC[C@@H]2CN(c3ncccn3)CCO[C@H]2C1. The van der Waals surface area contributed by atoms with E-state index in [-0.39, 0.29) is 12.1 Å². The van der Waals surface area contributed by atoms with Crippen molar-refractivity contribution in [3.63, 3.8) is 0 Å². The van der Waals surface area contributed by atoms with Crippen LogP contribution in [0.25, 0.3) is 0 Å². The molecular weight excluding hydrogens is 322 g/mol. The second kappa shape index (κ2) is 7.53. The van der Waals surface area contributed by atoms with Gasteiger partial charge in [0.15, 0.2) is 0 Å². The quantitative estimate of drug-likeness (QED) is 0.735. The maximum atomic E-state index is 12.7. The number of ether oxygens (including phenoxy) is 2. The topological polar surface area (TPSA) is 71.0 Å². The van der Waals surface area contributed by atoms with E-state index in [2.05, 4.69) is 14.9 Å². The van der Waals surface area contributed by atoms with E-state index in [0.717, 1.165) is 32.0 Å². The van der Waals surface area contributed by atoms with Gasteiger partial charge in [-0.15, -0.1) is 0 Å². The van der Waals surface area contributed by atoms with Crippen molar-refractivity contribution in [3.05, 3.63) is 18.5 Å². The lowest BCUT2D eigenvalue weighted by molar-refractivity contribution is -0.0200. The van der Waals surface area contributed by atoms with Crippen molar-refractivity contribution in [2.45, 2.75) is 12.5 Å². The lowest BCUT2D eigenvalue weighted by Gasteiger charge is -2.40. The smallest absolute Gasteiger partial charge is 0.320 e. The predicted octanol–water partition coefficient (Wildman–Crippen LogP) is 0.456. The van der Waals surface area contributed by atoms with E-state index < -0.39 is 0 Å². The Kier molecular flexibility index (Phi) is 4.98. The zero-order chi connectivity index (χ0) is 17.1. The molecule has 4 rings (SSSR count). The van der Waals surface area contributed by atoms with Crippen LogP contribution in [-0.4, -0.2) is 91.0 Å². The van der Waals surface area contributed by atoms with Crippen LogP contribution < -0.4 is 4.90 Å². The van der Waals surface area contributed by atoms with Crippen molar-refractivity contribution < 1.29 is 14.3 Å². The number of carbonyl (C=O) groups excluding carboxylic acids is 1. The number of amides is 2. The van der Waals surface area contributed by atoms with Crippen LogP contribution in [0.2, 0.25) is 0 Å². The molecule has 0 spiro atoms. The summed E-state index contributed by atoms with van der Waals surface area (Å²) in [7, 11) is 0. The van der Waals surface area contributed by atoms with Crippen LogP contribution in [0.3, 0.4) is 0 Å². The Balaban J connectivity index is 1.38. The number of urea groups is 1. The van der Waals surface area contributed by atoms with Crippen LogP contribution >= 0.6 is 0 Å². The number of rotatable bonds is 1. The molecule has 3 aliphatic rings. The molecule has 0 aliphatic carbocycles. The van der Waals surface area contributed by atoms with E-state index in [4.69, 9.17) is 9.47 Å². The summed E-state index contributed by atoms with van der Waals surface area (Å²) in [6.45, 7) is 6.39. The van der Waals surface area contributed by atoms with E-state index in [1.165, 1.54) is 0 Å². The molecular formula is C17H25N5O3. The molecule has 0 radical (unpaired) electrons. The molecule has 25 heavy (non-hydrogen) atoms. The molecule has 136 valence electrons. The number of nitrogens with zero attached hydrogens (tertiary/aromatic N) is 5. The van der Waals surface area contributed by atoms with Crippen molar-refractivity contribution in [1.29, 1.82) is 0 Å². The third-order valence-electron chi connectivity index (χ3n) is 5.23. The molecule has 0 aromatic carbocycles. The average Bonchev–Trinajstić information content (AvgIpc) is 2.90. The third-order valence-corrected chi connectivity index (χ3v) is 5.23. The number of hydrogen-bond donors (Lipinski definition) is 0. The summed E-state index contributed by atoms with van der Waals surface area (Å²) >= 11 is 0. The number of carbonyl (C=O) groups is 1. The zero-order valence-corrected chi connectivity index (χ0v) is 14.4. The number of anilines is 1. The first-order chi connectivity index (χ1) is 12.3. The van der Waals surface area contributed by atoms with Gasteiger partial charge in [-0.05, 0) is 12.5 Å². The number of aromatic nitrogens is 2. The molecule has 2 atom stereocenters. The summed E-state index contributed by atoms with van der Waals surface area (Å²) < 4.78 is 11.4. The lowest BCUT2D eigenvalue weighted by Crippen LogP contribution is -2.54. The third kappa shape index (κ3) is 3.69. The highest BCUT2D eigenvalue weighted by Gasteiger charge is 2.36. The van der Waals surface area contributed by atoms with Crippen molar-refractivity contribution in [2.75, 3.05) is 64.0 Å². The molecule has 0 unspecified atom stereocenters. The van der Waals surface area contributed by atoms with Crippen LogP contribution in [0.15, 0.2) is 18.5 Å². The maximum absolute atomic E-state index is 12.7. The van der Waals surface area contributed by atoms with E-state index in [1.807, 2.05) is 15.9 Å². The minimum absolute atomic E-state index is 0.0902. The standard InChI is InChI=1S/C17H25N5O3/c23-17(20-6-9-24-10-7-20)22-5-2-14-12-21(8-11-25-15(14)13-22)16-18-3-1-4-19-16/h1,3-4,14-15H,2,5-13H2/t14-,15+/m1/s1. The molecule has 0 saturated carbocycles. The minimum atomic E-state index is 0.0902. The van der Waals surface area contributed by atoms with E-state index in [0.29, 0.717) is 45.4 Å². The highest BCUT2D eigenvalue weighted by atomic mass is 16.5. The van der Waals surface area contributed by atoms with Crippen molar-refractivity contribution in [1.82, 2.24) is 19.8 Å². The monoisotopic (exact) mass is 347 g/mol. The Bertz CT molecular complexity index is 581. The van der Waals surface area contributed by atoms with Crippen LogP contribution in [0.1, 0.15) is 6.42 Å². The number of likely N-dealkylation sites (tertiary alicyclic amines) is 1. The predicted molar refractivity (Wildman–Crippen MR) is 91.5 cm³/mol. The van der Waals surface area contributed by atoms with Gasteiger partial charge in [-0.1, -0.05) is 0 Å². The van der Waals surface area contributed by atoms with Gasteiger partial charge in [0.25, 0.3) is 0 Å². The Hall–Kier alpha value is -1.93. The molecule has 3 aliphatic heterocycles. The molecule has 2 amide bonds. The van der Waals surface area contributed by atoms with E-state index in [1.54, 1.807) is 12.4 Å². The van der Waals surface area contributed by atoms with Crippen LogP contribution in [0, 0.1) is 5.92 Å². The second-order valence-corrected chi connectivity index (χ2v) is 6.78. The lowest BCUT2D eigenvalue weighted by atomic mass is 9.93. The molecule has 0 N–H and O–H groups in total. The largest absolute Gasteiger partial charge is 0.378 e. The Morgan fingerprint density at radius 2 is 1.80 bits per heavy atom. The maximum Gasteiger partial charge on any atom is 0.320 e. The summed E-state index contributed by atoms with van der Waals surface area (Å²) in [5.74, 6) is 1.17. The summed E-state index contributed by atoms with van der Waals surface area (Å²) in [5, 5.41) is 0. The summed E-state index contributed by atoms with van der Waals surface area (Å²) in [4.78, 5) is 27.5. The summed E-state index contributed by atoms with van der Waals surface area (Å²) in [6, 6.07) is 1.95. The molecule has 0 bridgehead atoms. The Morgan fingerprint density at radius 1 is 1.00 bits per heavy atom. The molecule has 8 nitrogen and oxygen atoms in total. The molecule has 1 aromatic heterocycles. The van der Waals surface area contributed by atoms with Gasteiger partial charge in [0.2, 0.25) is 5.95 Å². The first-order valence-corrected chi connectivity index (χ1v) is 9.06.